The van der Waals surface area contributed by atoms with Crippen molar-refractivity contribution in [3.8, 4) is 5.69 Å². The molecule has 1 aliphatic rings. The Morgan fingerprint density at radius 2 is 1.90 bits per heavy atom. The maximum absolute atomic E-state index is 13.0. The number of aromatic nitrogens is 3. The van der Waals surface area contributed by atoms with Gasteiger partial charge in [0.15, 0.2) is 5.16 Å². The highest BCUT2D eigenvalue weighted by atomic mass is 32.2. The molecule has 0 saturated heterocycles. The van der Waals surface area contributed by atoms with Crippen molar-refractivity contribution in [1.29, 1.82) is 0 Å². The first kappa shape index (κ1) is 19.7. The van der Waals surface area contributed by atoms with Crippen molar-refractivity contribution in [1.82, 2.24) is 19.7 Å². The fourth-order valence-corrected chi connectivity index (χ4v) is 4.97. The first-order chi connectivity index (χ1) is 14.1. The summed E-state index contributed by atoms with van der Waals surface area (Å²) in [4.78, 5) is 14.9. The Balaban J connectivity index is 1.50. The molecule has 0 fully saturated rings. The SMILES string of the molecule is Cc1ccccc1-n1c(C)nnc1SCC(=O)N(C)C1CCCc2ccccc21. The summed E-state index contributed by atoms with van der Waals surface area (Å²) in [6.45, 7) is 4.01. The maximum Gasteiger partial charge on any atom is 0.233 e. The van der Waals surface area contributed by atoms with E-state index >= 15 is 0 Å². The van der Waals surface area contributed by atoms with Gasteiger partial charge in [-0.15, -0.1) is 10.2 Å². The minimum atomic E-state index is 0.119. The maximum atomic E-state index is 13.0. The lowest BCUT2D eigenvalue weighted by Gasteiger charge is -2.33. The number of nitrogens with zero attached hydrogens (tertiary/aromatic N) is 4. The van der Waals surface area contributed by atoms with Gasteiger partial charge in [-0.05, 0) is 55.9 Å². The number of rotatable bonds is 5. The van der Waals surface area contributed by atoms with E-state index in [0.717, 1.165) is 41.5 Å². The van der Waals surface area contributed by atoms with Gasteiger partial charge in [-0.2, -0.15) is 0 Å². The Bertz CT molecular complexity index is 1030. The van der Waals surface area contributed by atoms with E-state index in [-0.39, 0.29) is 11.9 Å². The summed E-state index contributed by atoms with van der Waals surface area (Å²) in [5, 5.41) is 9.31. The molecule has 4 rings (SSSR count). The average Bonchev–Trinajstić information content (AvgIpc) is 3.11. The molecule has 2 aromatic carbocycles. The molecule has 3 aromatic rings. The van der Waals surface area contributed by atoms with E-state index in [1.807, 2.05) is 35.6 Å². The van der Waals surface area contributed by atoms with Crippen molar-refractivity contribution in [2.45, 2.75) is 44.3 Å². The van der Waals surface area contributed by atoms with Gasteiger partial charge < -0.3 is 4.90 Å². The lowest BCUT2D eigenvalue weighted by atomic mass is 9.87. The van der Waals surface area contributed by atoms with Crippen molar-refractivity contribution < 1.29 is 4.79 Å². The van der Waals surface area contributed by atoms with Crippen LogP contribution < -0.4 is 0 Å². The smallest absolute Gasteiger partial charge is 0.233 e. The molecular weight excluding hydrogens is 380 g/mol. The van der Waals surface area contributed by atoms with Crippen LogP contribution in [0.25, 0.3) is 5.69 Å². The molecular formula is C23H26N4OS. The molecule has 1 unspecified atom stereocenters. The second kappa shape index (κ2) is 8.41. The number of benzene rings is 2. The van der Waals surface area contributed by atoms with Gasteiger partial charge in [-0.3, -0.25) is 9.36 Å². The zero-order valence-corrected chi connectivity index (χ0v) is 17.9. The van der Waals surface area contributed by atoms with Crippen LogP contribution in [0.4, 0.5) is 0 Å². The summed E-state index contributed by atoms with van der Waals surface area (Å²) in [5.74, 6) is 1.29. The molecule has 0 aliphatic heterocycles. The second-order valence-electron chi connectivity index (χ2n) is 7.55. The quantitative estimate of drug-likeness (QED) is 0.585. The molecule has 1 aliphatic carbocycles. The lowest BCUT2D eigenvalue weighted by molar-refractivity contribution is -0.129. The topological polar surface area (TPSA) is 51.0 Å². The van der Waals surface area contributed by atoms with Crippen LogP contribution >= 0.6 is 11.8 Å². The molecule has 1 heterocycles. The number of fused-ring (bicyclic) bond motifs is 1. The second-order valence-corrected chi connectivity index (χ2v) is 8.49. The lowest BCUT2D eigenvalue weighted by Crippen LogP contribution is -2.34. The van der Waals surface area contributed by atoms with Crippen molar-refractivity contribution >= 4 is 17.7 Å². The number of carbonyl (C=O) groups is 1. The van der Waals surface area contributed by atoms with Crippen LogP contribution in [0, 0.1) is 13.8 Å². The monoisotopic (exact) mass is 406 g/mol. The number of hydrogen-bond donors (Lipinski definition) is 0. The highest BCUT2D eigenvalue weighted by Crippen LogP contribution is 2.34. The summed E-state index contributed by atoms with van der Waals surface area (Å²) in [7, 11) is 1.92. The summed E-state index contributed by atoms with van der Waals surface area (Å²) in [6.07, 6.45) is 3.23. The molecule has 0 bridgehead atoms. The van der Waals surface area contributed by atoms with Crippen LogP contribution in [0.2, 0.25) is 0 Å². The molecule has 1 amide bonds. The summed E-state index contributed by atoms with van der Waals surface area (Å²) < 4.78 is 2.03. The van der Waals surface area contributed by atoms with E-state index in [1.165, 1.54) is 22.9 Å². The minimum Gasteiger partial charge on any atom is -0.338 e. The van der Waals surface area contributed by atoms with Crippen LogP contribution in [0.15, 0.2) is 53.7 Å². The van der Waals surface area contributed by atoms with Gasteiger partial charge in [0, 0.05) is 7.05 Å². The third-order valence-electron chi connectivity index (χ3n) is 5.67. The van der Waals surface area contributed by atoms with Gasteiger partial charge in [-0.1, -0.05) is 54.2 Å². The molecule has 0 radical (unpaired) electrons. The van der Waals surface area contributed by atoms with E-state index in [2.05, 4.69) is 53.5 Å². The van der Waals surface area contributed by atoms with Gasteiger partial charge in [0.25, 0.3) is 0 Å². The molecule has 0 spiro atoms. The fraction of sp³-hybridized carbons (Fsp3) is 0.348. The minimum absolute atomic E-state index is 0.119. The van der Waals surface area contributed by atoms with Crippen LogP contribution in [-0.4, -0.2) is 38.4 Å². The molecule has 1 aromatic heterocycles. The Morgan fingerprint density at radius 1 is 1.14 bits per heavy atom. The number of amides is 1. The molecule has 5 nitrogen and oxygen atoms in total. The van der Waals surface area contributed by atoms with E-state index < -0.39 is 0 Å². The van der Waals surface area contributed by atoms with E-state index in [1.54, 1.807) is 0 Å². The predicted molar refractivity (Wildman–Crippen MR) is 116 cm³/mol. The first-order valence-electron chi connectivity index (χ1n) is 10.0. The van der Waals surface area contributed by atoms with Crippen molar-refractivity contribution in [2.24, 2.45) is 0 Å². The summed E-state index contributed by atoms with van der Waals surface area (Å²) >= 11 is 1.45. The van der Waals surface area contributed by atoms with E-state index in [0.29, 0.717) is 5.75 Å². The zero-order chi connectivity index (χ0) is 20.4. The van der Waals surface area contributed by atoms with Crippen LogP contribution in [0.5, 0.6) is 0 Å². The van der Waals surface area contributed by atoms with Crippen molar-refractivity contribution in [3.63, 3.8) is 0 Å². The molecule has 0 N–H and O–H groups in total. The normalized spacial score (nSPS) is 15.8. The van der Waals surface area contributed by atoms with Crippen molar-refractivity contribution in [3.05, 3.63) is 71.0 Å². The molecule has 150 valence electrons. The third-order valence-corrected chi connectivity index (χ3v) is 6.59. The zero-order valence-electron chi connectivity index (χ0n) is 17.1. The number of aryl methyl sites for hydroxylation is 3. The number of para-hydroxylation sites is 1. The first-order valence-corrected chi connectivity index (χ1v) is 11.0. The summed E-state index contributed by atoms with van der Waals surface area (Å²) in [6, 6.07) is 16.8. The largest absolute Gasteiger partial charge is 0.338 e. The van der Waals surface area contributed by atoms with Crippen molar-refractivity contribution in [2.75, 3.05) is 12.8 Å². The van der Waals surface area contributed by atoms with Crippen LogP contribution in [0.1, 0.15) is 41.4 Å². The van der Waals surface area contributed by atoms with Crippen LogP contribution in [-0.2, 0) is 11.2 Å². The Labute approximate surface area is 176 Å². The van der Waals surface area contributed by atoms with E-state index in [9.17, 15) is 4.79 Å². The number of hydrogen-bond acceptors (Lipinski definition) is 4. The number of thioether (sulfide) groups is 1. The van der Waals surface area contributed by atoms with Gasteiger partial charge in [0.1, 0.15) is 5.82 Å². The number of carbonyl (C=O) groups excluding carboxylic acids is 1. The highest BCUT2D eigenvalue weighted by molar-refractivity contribution is 7.99. The molecule has 6 heteroatoms. The summed E-state index contributed by atoms with van der Waals surface area (Å²) in [5.41, 5.74) is 4.86. The highest BCUT2D eigenvalue weighted by Gasteiger charge is 2.27. The molecule has 1 atom stereocenters. The van der Waals surface area contributed by atoms with E-state index in [4.69, 9.17) is 0 Å². The third kappa shape index (κ3) is 3.94. The standard InChI is InChI=1S/C23H26N4OS/c1-16-9-4-7-13-20(16)27-17(2)24-25-23(27)29-15-22(28)26(3)21-14-8-11-18-10-5-6-12-19(18)21/h4-7,9-10,12-13,21H,8,11,14-15H2,1-3H3. The fourth-order valence-electron chi connectivity index (χ4n) is 4.06. The van der Waals surface area contributed by atoms with Crippen LogP contribution in [0.3, 0.4) is 0 Å². The Hall–Kier alpha value is -2.60. The Kier molecular flexibility index (Phi) is 5.72. The Morgan fingerprint density at radius 3 is 2.72 bits per heavy atom. The molecule has 0 saturated carbocycles. The van der Waals surface area contributed by atoms with Gasteiger partial charge >= 0.3 is 0 Å². The van der Waals surface area contributed by atoms with Gasteiger partial charge in [0.05, 0.1) is 17.5 Å². The average molecular weight is 407 g/mol. The van der Waals surface area contributed by atoms with Gasteiger partial charge in [0.2, 0.25) is 5.91 Å². The molecule has 29 heavy (non-hydrogen) atoms. The van der Waals surface area contributed by atoms with Gasteiger partial charge in [-0.25, -0.2) is 0 Å². The predicted octanol–water partition coefficient (Wildman–Crippen LogP) is 4.51.